The number of hydrogen-bond acceptors (Lipinski definition) is 6. The van der Waals surface area contributed by atoms with Gasteiger partial charge >= 0.3 is 12.0 Å². The fourth-order valence-electron chi connectivity index (χ4n) is 2.39. The average molecular weight is 366 g/mol. The molecular weight excluding hydrogens is 352 g/mol. The zero-order valence-electron chi connectivity index (χ0n) is 14.1. The van der Waals surface area contributed by atoms with Crippen LogP contribution in [0, 0.1) is 0 Å². The molecule has 0 unspecified atom stereocenters. The zero-order valence-corrected chi connectivity index (χ0v) is 14.1. The lowest BCUT2D eigenvalue weighted by atomic mass is 10.2. The van der Waals surface area contributed by atoms with Crippen LogP contribution >= 0.6 is 0 Å². The third-order valence-electron chi connectivity index (χ3n) is 3.65. The first-order chi connectivity index (χ1) is 13.0. The van der Waals surface area contributed by atoms with Gasteiger partial charge in [0, 0.05) is 29.7 Å². The van der Waals surface area contributed by atoms with Crippen LogP contribution in [0.5, 0.6) is 5.75 Å². The van der Waals surface area contributed by atoms with Crippen molar-refractivity contribution in [2.45, 2.75) is 0 Å². The number of aromatic carboxylic acids is 1. The summed E-state index contributed by atoms with van der Waals surface area (Å²) < 4.78 is 4.99. The quantitative estimate of drug-likeness (QED) is 0.646. The highest BCUT2D eigenvalue weighted by Crippen LogP contribution is 2.23. The summed E-state index contributed by atoms with van der Waals surface area (Å²) >= 11 is 0. The van der Waals surface area contributed by atoms with Crippen LogP contribution in [0.3, 0.4) is 0 Å². The second kappa shape index (κ2) is 7.48. The van der Waals surface area contributed by atoms with Crippen molar-refractivity contribution in [1.29, 1.82) is 0 Å². The Bertz CT molecular complexity index is 1050. The van der Waals surface area contributed by atoms with Crippen molar-refractivity contribution in [3.8, 4) is 5.75 Å². The lowest BCUT2D eigenvalue weighted by Gasteiger charge is -2.10. The lowest BCUT2D eigenvalue weighted by Crippen LogP contribution is -2.34. The summed E-state index contributed by atoms with van der Waals surface area (Å²) in [6, 6.07) is 7.94. The first kappa shape index (κ1) is 17.8. The van der Waals surface area contributed by atoms with E-state index in [9.17, 15) is 14.4 Å². The van der Waals surface area contributed by atoms with Gasteiger partial charge in [-0.3, -0.25) is 20.1 Å². The summed E-state index contributed by atoms with van der Waals surface area (Å²) in [6.45, 7) is 0. The van der Waals surface area contributed by atoms with E-state index < -0.39 is 17.9 Å². The van der Waals surface area contributed by atoms with Gasteiger partial charge in [-0.25, -0.2) is 9.59 Å². The Balaban J connectivity index is 1.71. The Hall–Kier alpha value is -4.01. The van der Waals surface area contributed by atoms with Crippen LogP contribution < -0.4 is 15.4 Å². The highest BCUT2D eigenvalue weighted by molar-refractivity contribution is 6.09. The zero-order chi connectivity index (χ0) is 19.4. The molecule has 3 aromatic rings. The molecule has 0 aliphatic heterocycles. The van der Waals surface area contributed by atoms with E-state index in [1.807, 2.05) is 0 Å². The van der Waals surface area contributed by atoms with Gasteiger partial charge in [0.25, 0.3) is 5.91 Å². The molecule has 0 atom stereocenters. The summed E-state index contributed by atoms with van der Waals surface area (Å²) in [7, 11) is 1.32. The molecule has 2 aromatic carbocycles. The molecule has 136 valence electrons. The van der Waals surface area contributed by atoms with Crippen LogP contribution in [0.1, 0.15) is 20.7 Å². The molecule has 9 nitrogen and oxygen atoms in total. The van der Waals surface area contributed by atoms with E-state index >= 15 is 0 Å². The maximum Gasteiger partial charge on any atom is 0.339 e. The minimum Gasteiger partial charge on any atom is -0.496 e. The van der Waals surface area contributed by atoms with Crippen LogP contribution in [0.15, 0.2) is 48.8 Å². The molecule has 3 N–H and O–H groups in total. The van der Waals surface area contributed by atoms with Gasteiger partial charge < -0.3 is 15.2 Å². The molecule has 0 aliphatic carbocycles. The Morgan fingerprint density at radius 3 is 2.44 bits per heavy atom. The highest BCUT2D eigenvalue weighted by atomic mass is 16.5. The number of carbonyl (C=O) groups is 3. The molecule has 0 bridgehead atoms. The Kier molecular flexibility index (Phi) is 4.93. The van der Waals surface area contributed by atoms with Crippen molar-refractivity contribution in [1.82, 2.24) is 15.3 Å². The number of fused-ring (bicyclic) bond motifs is 1. The summed E-state index contributed by atoms with van der Waals surface area (Å²) in [5.74, 6) is -1.69. The number of urea groups is 1. The van der Waals surface area contributed by atoms with Crippen LogP contribution in [-0.4, -0.2) is 40.1 Å². The van der Waals surface area contributed by atoms with E-state index in [-0.39, 0.29) is 22.6 Å². The molecule has 3 amide bonds. The molecule has 0 spiro atoms. The summed E-state index contributed by atoms with van der Waals surface area (Å²) in [5.41, 5.74) is 1.63. The van der Waals surface area contributed by atoms with Gasteiger partial charge in [0.15, 0.2) is 0 Å². The lowest BCUT2D eigenvalue weighted by molar-refractivity contribution is 0.0693. The van der Waals surface area contributed by atoms with Crippen molar-refractivity contribution < 1.29 is 24.2 Å². The van der Waals surface area contributed by atoms with E-state index in [1.165, 1.54) is 43.6 Å². The van der Waals surface area contributed by atoms with E-state index in [4.69, 9.17) is 9.84 Å². The number of rotatable bonds is 4. The predicted molar refractivity (Wildman–Crippen MR) is 96.0 cm³/mol. The second-order valence-electron chi connectivity index (χ2n) is 5.39. The minimum absolute atomic E-state index is 0.0446. The summed E-state index contributed by atoms with van der Waals surface area (Å²) in [4.78, 5) is 43.6. The van der Waals surface area contributed by atoms with Crippen LogP contribution in [0.25, 0.3) is 11.0 Å². The number of ether oxygens (including phenoxy) is 1. The summed E-state index contributed by atoms with van der Waals surface area (Å²) in [6.07, 6.45) is 3.05. The van der Waals surface area contributed by atoms with Gasteiger partial charge in [-0.1, -0.05) is 0 Å². The molecule has 0 saturated carbocycles. The number of amides is 3. The van der Waals surface area contributed by atoms with Crippen molar-refractivity contribution >= 4 is 34.6 Å². The van der Waals surface area contributed by atoms with Gasteiger partial charge in [-0.15, -0.1) is 0 Å². The first-order valence-electron chi connectivity index (χ1n) is 7.72. The normalized spacial score (nSPS) is 10.3. The summed E-state index contributed by atoms with van der Waals surface area (Å²) in [5, 5.41) is 13.7. The Morgan fingerprint density at radius 1 is 1.00 bits per heavy atom. The smallest absolute Gasteiger partial charge is 0.339 e. The van der Waals surface area contributed by atoms with Gasteiger partial charge in [0.1, 0.15) is 11.3 Å². The van der Waals surface area contributed by atoms with E-state index in [0.717, 1.165) is 0 Å². The van der Waals surface area contributed by atoms with Crippen LogP contribution in [-0.2, 0) is 0 Å². The predicted octanol–water partition coefficient (Wildman–Crippen LogP) is 2.30. The molecule has 0 radical (unpaired) electrons. The second-order valence-corrected chi connectivity index (χ2v) is 5.39. The first-order valence-corrected chi connectivity index (χ1v) is 7.72. The molecule has 9 heteroatoms. The van der Waals surface area contributed by atoms with E-state index in [2.05, 4.69) is 20.6 Å². The van der Waals surface area contributed by atoms with Crippen LogP contribution in [0.4, 0.5) is 10.5 Å². The molecule has 0 aliphatic rings. The molecule has 1 aromatic heterocycles. The van der Waals surface area contributed by atoms with E-state index in [0.29, 0.717) is 11.0 Å². The largest absolute Gasteiger partial charge is 0.496 e. The van der Waals surface area contributed by atoms with Crippen molar-refractivity contribution in [3.05, 3.63) is 59.9 Å². The standard InChI is InChI=1S/C18H14N4O5/c1-27-15-9-11(3-4-12(15)17(24)25)21-18(26)22-16(23)10-2-5-13-14(8-10)20-7-6-19-13/h2-9H,1H3,(H,24,25)(H2,21,22,23,26). The van der Waals surface area contributed by atoms with E-state index in [1.54, 1.807) is 12.3 Å². The van der Waals surface area contributed by atoms with Crippen molar-refractivity contribution in [2.24, 2.45) is 0 Å². The molecule has 0 saturated heterocycles. The van der Waals surface area contributed by atoms with Gasteiger partial charge in [0.05, 0.1) is 18.1 Å². The number of imide groups is 1. The number of anilines is 1. The third kappa shape index (κ3) is 3.98. The molecule has 3 rings (SSSR count). The molecular formula is C18H14N4O5. The number of aromatic nitrogens is 2. The van der Waals surface area contributed by atoms with Crippen molar-refractivity contribution in [2.75, 3.05) is 12.4 Å². The number of benzene rings is 2. The Morgan fingerprint density at radius 2 is 1.74 bits per heavy atom. The average Bonchev–Trinajstić information content (AvgIpc) is 2.67. The monoisotopic (exact) mass is 366 g/mol. The van der Waals surface area contributed by atoms with Gasteiger partial charge in [0.2, 0.25) is 0 Å². The maximum absolute atomic E-state index is 12.2. The third-order valence-corrected chi connectivity index (χ3v) is 3.65. The topological polar surface area (TPSA) is 131 Å². The van der Waals surface area contributed by atoms with Gasteiger partial charge in [-0.05, 0) is 30.3 Å². The molecule has 27 heavy (non-hydrogen) atoms. The Labute approximate surface area is 153 Å². The van der Waals surface area contributed by atoms with Crippen LogP contribution in [0.2, 0.25) is 0 Å². The number of nitrogens with zero attached hydrogens (tertiary/aromatic N) is 2. The number of hydrogen-bond donors (Lipinski definition) is 3. The van der Waals surface area contributed by atoms with Gasteiger partial charge in [-0.2, -0.15) is 0 Å². The SMILES string of the molecule is COc1cc(NC(=O)NC(=O)c2ccc3nccnc3c2)ccc1C(=O)O. The number of methoxy groups -OCH3 is 1. The maximum atomic E-state index is 12.2. The molecule has 0 fully saturated rings. The molecule has 1 heterocycles. The fraction of sp³-hybridized carbons (Fsp3) is 0.0556. The highest BCUT2D eigenvalue weighted by Gasteiger charge is 2.14. The number of carboxylic acids is 1. The fourth-order valence-corrected chi connectivity index (χ4v) is 2.39. The number of carboxylic acid groups (broad SMARTS) is 1. The van der Waals surface area contributed by atoms with Crippen molar-refractivity contribution in [3.63, 3.8) is 0 Å². The number of carbonyl (C=O) groups excluding carboxylic acids is 2. The number of nitrogens with one attached hydrogen (secondary N) is 2. The minimum atomic E-state index is -1.16.